The number of ether oxygens (including phenoxy) is 3. The topological polar surface area (TPSA) is 78.9 Å². The highest BCUT2D eigenvalue weighted by atomic mass is 16.6. The predicted molar refractivity (Wildman–Crippen MR) is 325 cm³/mol. The Balaban J connectivity index is 4.52. The fourth-order valence-electron chi connectivity index (χ4n) is 8.09. The van der Waals surface area contributed by atoms with Crippen LogP contribution in [0, 0.1) is 0 Å². The Hall–Kier alpha value is -4.45. The molecule has 6 nitrogen and oxygen atoms in total. The van der Waals surface area contributed by atoms with Crippen molar-refractivity contribution in [2.24, 2.45) is 0 Å². The Labute approximate surface area is 462 Å². The molecule has 0 amide bonds. The summed E-state index contributed by atoms with van der Waals surface area (Å²) in [5.41, 5.74) is 0. The van der Waals surface area contributed by atoms with Gasteiger partial charge in [-0.1, -0.05) is 251 Å². The first kappa shape index (κ1) is 70.5. The van der Waals surface area contributed by atoms with Gasteiger partial charge in [0.25, 0.3) is 0 Å². The van der Waals surface area contributed by atoms with Gasteiger partial charge in [-0.15, -0.1) is 0 Å². The molecule has 0 rings (SSSR count). The molecule has 0 aromatic heterocycles. The van der Waals surface area contributed by atoms with Crippen LogP contribution >= 0.6 is 0 Å². The van der Waals surface area contributed by atoms with Gasteiger partial charge in [0.2, 0.25) is 0 Å². The zero-order chi connectivity index (χ0) is 54.3. The minimum absolute atomic E-state index is 0.106. The third kappa shape index (κ3) is 60.3. The van der Waals surface area contributed by atoms with Crippen LogP contribution in [0.25, 0.3) is 0 Å². The quantitative estimate of drug-likeness (QED) is 0.0261. The van der Waals surface area contributed by atoms with E-state index in [2.05, 4.69) is 154 Å². The third-order valence-electron chi connectivity index (χ3n) is 12.6. The van der Waals surface area contributed by atoms with Crippen molar-refractivity contribution in [1.82, 2.24) is 0 Å². The lowest BCUT2D eigenvalue weighted by Crippen LogP contribution is -2.30. The van der Waals surface area contributed by atoms with E-state index in [0.717, 1.165) is 122 Å². The normalized spacial score (nSPS) is 13.1. The maximum absolute atomic E-state index is 12.9. The van der Waals surface area contributed by atoms with E-state index in [4.69, 9.17) is 14.2 Å². The molecule has 0 aromatic carbocycles. The molecule has 0 aliphatic rings. The molecular weight excluding hydrogens is 925 g/mol. The van der Waals surface area contributed by atoms with Gasteiger partial charge >= 0.3 is 17.9 Å². The van der Waals surface area contributed by atoms with E-state index in [0.29, 0.717) is 19.3 Å². The van der Waals surface area contributed by atoms with Crippen LogP contribution in [0.1, 0.15) is 265 Å². The molecule has 75 heavy (non-hydrogen) atoms. The molecule has 1 atom stereocenters. The van der Waals surface area contributed by atoms with Gasteiger partial charge in [-0.05, 0) is 128 Å². The largest absolute Gasteiger partial charge is 0.462 e. The molecule has 424 valence electrons. The molecule has 0 radical (unpaired) electrons. The maximum Gasteiger partial charge on any atom is 0.306 e. The number of rotatable bonds is 54. The number of allylic oxidation sites excluding steroid dienone is 22. The van der Waals surface area contributed by atoms with Gasteiger partial charge < -0.3 is 14.2 Å². The molecule has 0 N–H and O–H groups in total. The summed E-state index contributed by atoms with van der Waals surface area (Å²) >= 11 is 0. The second-order valence-corrected chi connectivity index (χ2v) is 19.8. The number of hydrogen-bond donors (Lipinski definition) is 0. The third-order valence-corrected chi connectivity index (χ3v) is 12.6. The zero-order valence-electron chi connectivity index (χ0n) is 48.5. The van der Waals surface area contributed by atoms with Gasteiger partial charge in [0.1, 0.15) is 13.2 Å². The summed E-state index contributed by atoms with van der Waals surface area (Å²) in [5.74, 6) is -0.982. The Bertz CT molecular complexity index is 1620. The van der Waals surface area contributed by atoms with Crippen LogP contribution in [0.3, 0.4) is 0 Å². The monoisotopic (exact) mass is 1040 g/mol. The Morgan fingerprint density at radius 1 is 0.280 bits per heavy atom. The molecule has 0 saturated carbocycles. The first-order valence-corrected chi connectivity index (χ1v) is 30.7. The van der Waals surface area contributed by atoms with Crippen molar-refractivity contribution >= 4 is 17.9 Å². The van der Waals surface area contributed by atoms with Gasteiger partial charge in [0.05, 0.1) is 0 Å². The van der Waals surface area contributed by atoms with E-state index < -0.39 is 6.10 Å². The fraction of sp³-hybridized carbons (Fsp3) is 0.638. The Morgan fingerprint density at radius 3 is 0.880 bits per heavy atom. The summed E-state index contributed by atoms with van der Waals surface area (Å²) in [4.78, 5) is 38.3. The Morgan fingerprint density at radius 2 is 0.533 bits per heavy atom. The van der Waals surface area contributed by atoms with Gasteiger partial charge in [-0.25, -0.2) is 0 Å². The van der Waals surface area contributed by atoms with Crippen molar-refractivity contribution in [2.45, 2.75) is 271 Å². The first-order valence-electron chi connectivity index (χ1n) is 30.7. The van der Waals surface area contributed by atoms with E-state index in [1.54, 1.807) is 0 Å². The lowest BCUT2D eigenvalue weighted by atomic mass is 10.1. The zero-order valence-corrected chi connectivity index (χ0v) is 48.5. The minimum atomic E-state index is -0.815. The van der Waals surface area contributed by atoms with Crippen LogP contribution in [0.2, 0.25) is 0 Å². The molecule has 6 heteroatoms. The first-order chi connectivity index (χ1) is 37.0. The van der Waals surface area contributed by atoms with E-state index in [1.165, 1.54) is 96.3 Å². The van der Waals surface area contributed by atoms with Crippen molar-refractivity contribution < 1.29 is 28.6 Å². The molecule has 1 unspecified atom stereocenters. The SMILES string of the molecule is CC/C=C\C/C=C\C/C=C\C/C=C\C/C=C\C/C=C\C/C=C\CCCC(=O)OCC(COC(=O)CCCCCCCCC/C=C\CCCCCCCC)OC(=O)CCCCCCCCC/C=C\C/C=C\C/C=C\CC. The van der Waals surface area contributed by atoms with Crippen molar-refractivity contribution in [2.75, 3.05) is 13.2 Å². The highest BCUT2D eigenvalue weighted by Crippen LogP contribution is 2.14. The Kier molecular flexibility index (Phi) is 58.4. The molecule has 0 saturated heterocycles. The lowest BCUT2D eigenvalue weighted by molar-refractivity contribution is -0.167. The van der Waals surface area contributed by atoms with Gasteiger partial charge in [-0.3, -0.25) is 14.4 Å². The number of carbonyl (C=O) groups excluding carboxylic acids is 3. The average Bonchev–Trinajstić information content (AvgIpc) is 3.41. The second-order valence-electron chi connectivity index (χ2n) is 19.8. The highest BCUT2D eigenvalue weighted by molar-refractivity contribution is 5.71. The van der Waals surface area contributed by atoms with Gasteiger partial charge in [0.15, 0.2) is 6.10 Å². The molecule has 0 heterocycles. The summed E-state index contributed by atoms with van der Waals surface area (Å²) in [6, 6.07) is 0. The summed E-state index contributed by atoms with van der Waals surface area (Å²) in [6.45, 7) is 6.36. The molecule has 0 bridgehead atoms. The maximum atomic E-state index is 12.9. The summed E-state index contributed by atoms with van der Waals surface area (Å²) in [5, 5.41) is 0. The smallest absolute Gasteiger partial charge is 0.306 e. The lowest BCUT2D eigenvalue weighted by Gasteiger charge is -2.18. The average molecular weight is 1040 g/mol. The summed E-state index contributed by atoms with van der Waals surface area (Å²) in [6.07, 6.45) is 87.3. The number of carbonyl (C=O) groups is 3. The van der Waals surface area contributed by atoms with Crippen molar-refractivity contribution in [3.05, 3.63) is 134 Å². The van der Waals surface area contributed by atoms with Crippen molar-refractivity contribution in [1.29, 1.82) is 0 Å². The van der Waals surface area contributed by atoms with Crippen molar-refractivity contribution in [3.63, 3.8) is 0 Å². The molecule has 0 fully saturated rings. The van der Waals surface area contributed by atoms with Crippen LogP contribution in [-0.2, 0) is 28.6 Å². The summed E-state index contributed by atoms with van der Waals surface area (Å²) in [7, 11) is 0. The number of esters is 3. The van der Waals surface area contributed by atoms with Crippen LogP contribution in [0.4, 0.5) is 0 Å². The number of hydrogen-bond acceptors (Lipinski definition) is 6. The van der Waals surface area contributed by atoms with E-state index in [1.807, 2.05) is 0 Å². The van der Waals surface area contributed by atoms with Gasteiger partial charge in [-0.2, -0.15) is 0 Å². The van der Waals surface area contributed by atoms with E-state index in [9.17, 15) is 14.4 Å². The van der Waals surface area contributed by atoms with Crippen LogP contribution in [0.5, 0.6) is 0 Å². The van der Waals surface area contributed by atoms with Crippen LogP contribution in [0.15, 0.2) is 134 Å². The molecule has 0 spiro atoms. The van der Waals surface area contributed by atoms with Gasteiger partial charge in [0, 0.05) is 19.3 Å². The van der Waals surface area contributed by atoms with E-state index in [-0.39, 0.29) is 37.5 Å². The van der Waals surface area contributed by atoms with Crippen LogP contribution in [-0.4, -0.2) is 37.2 Å². The summed E-state index contributed by atoms with van der Waals surface area (Å²) < 4.78 is 16.9. The molecule has 0 aromatic rings. The van der Waals surface area contributed by atoms with Crippen LogP contribution < -0.4 is 0 Å². The van der Waals surface area contributed by atoms with E-state index >= 15 is 0 Å². The molecule has 0 aliphatic carbocycles. The molecule has 0 aliphatic heterocycles. The van der Waals surface area contributed by atoms with Crippen molar-refractivity contribution in [3.8, 4) is 0 Å². The second kappa shape index (κ2) is 62.1. The molecular formula is C69H112O6. The number of unbranched alkanes of at least 4 members (excludes halogenated alkanes) is 21. The minimum Gasteiger partial charge on any atom is -0.462 e. The fourth-order valence-corrected chi connectivity index (χ4v) is 8.09. The standard InChI is InChI=1S/C69H112O6/c1-4-7-10-13-16-19-22-25-28-31-32-33-34-35-36-39-41-44-47-50-53-56-59-62-68(71)74-65-66(75-69(72)63-60-57-54-51-48-45-42-38-30-27-24-21-18-15-12-9-6-3)64-73-67(70)61-58-55-52-49-46-43-40-37-29-26-23-20-17-14-11-8-5-2/h7,9-10,12,16,18-19,21,25-30,32-33,35-36,41,44,50,53,66H,4-6,8,11,13-15,17,20,22-24,31,34,37-40,42-43,45-49,51-52,54-65H2,1-3H3/b10-7-,12-9-,19-16-,21-18-,28-25-,29-26-,30-27-,33-32-,36-35-,44-41-,53-50-. The predicted octanol–water partition coefficient (Wildman–Crippen LogP) is 21.0. The highest BCUT2D eigenvalue weighted by Gasteiger charge is 2.19.